The van der Waals surface area contributed by atoms with Crippen LogP contribution in [0.25, 0.3) is 10.2 Å². The maximum Gasteiger partial charge on any atom is 0.139 e. The number of hydrogen-bond donors (Lipinski definition) is 1. The Bertz CT molecular complexity index is 697. The Labute approximate surface area is 135 Å². The molecule has 0 radical (unpaired) electrons. The number of fused-ring (bicyclic) bond motifs is 3. The van der Waals surface area contributed by atoms with Gasteiger partial charge in [0.2, 0.25) is 0 Å². The molecular weight excluding hydrogens is 294 g/mol. The molecule has 1 fully saturated rings. The summed E-state index contributed by atoms with van der Waals surface area (Å²) in [7, 11) is 1.81. The van der Waals surface area contributed by atoms with Gasteiger partial charge in [-0.2, -0.15) is 0 Å². The van der Waals surface area contributed by atoms with Crippen molar-refractivity contribution in [1.82, 2.24) is 9.97 Å². The van der Waals surface area contributed by atoms with Gasteiger partial charge in [-0.1, -0.05) is 0 Å². The van der Waals surface area contributed by atoms with Crippen LogP contribution in [0.5, 0.6) is 0 Å². The van der Waals surface area contributed by atoms with Crippen LogP contribution in [0.4, 0.5) is 5.82 Å². The van der Waals surface area contributed by atoms with Gasteiger partial charge in [0, 0.05) is 18.0 Å². The highest BCUT2D eigenvalue weighted by atomic mass is 32.1. The molecule has 2 aromatic heterocycles. The second-order valence-electron chi connectivity index (χ2n) is 6.52. The van der Waals surface area contributed by atoms with Gasteiger partial charge in [-0.3, -0.25) is 0 Å². The first-order valence-electron chi connectivity index (χ1n) is 8.33. The number of methoxy groups -OCH3 is 1. The molecule has 0 bridgehead atoms. The number of rotatable bonds is 3. The highest BCUT2D eigenvalue weighted by Crippen LogP contribution is 2.39. The van der Waals surface area contributed by atoms with Gasteiger partial charge in [0.1, 0.15) is 16.5 Å². The van der Waals surface area contributed by atoms with E-state index >= 15 is 0 Å². The van der Waals surface area contributed by atoms with Crippen molar-refractivity contribution in [2.24, 2.45) is 0 Å². The molecule has 2 unspecified atom stereocenters. The smallest absolute Gasteiger partial charge is 0.139 e. The summed E-state index contributed by atoms with van der Waals surface area (Å²) in [6.07, 6.45) is 8.78. The van der Waals surface area contributed by atoms with Crippen molar-refractivity contribution in [3.05, 3.63) is 16.3 Å². The SMILES string of the molecule is COC1CCC(Nc2nc(C)nc3sc4c(c23)CCCC4)C1. The fourth-order valence-corrected chi connectivity index (χ4v) is 5.15. The van der Waals surface area contributed by atoms with E-state index in [1.165, 1.54) is 46.3 Å². The van der Waals surface area contributed by atoms with Gasteiger partial charge in [0.25, 0.3) is 0 Å². The molecule has 2 aliphatic rings. The third-order valence-electron chi connectivity index (χ3n) is 4.99. The number of nitrogens with zero attached hydrogens (tertiary/aromatic N) is 2. The topological polar surface area (TPSA) is 47.0 Å². The number of nitrogens with one attached hydrogen (secondary N) is 1. The zero-order valence-electron chi connectivity index (χ0n) is 13.3. The van der Waals surface area contributed by atoms with Crippen LogP contribution in [0, 0.1) is 6.92 Å². The van der Waals surface area contributed by atoms with E-state index in [0.717, 1.165) is 30.9 Å². The van der Waals surface area contributed by atoms with Crippen LogP contribution in [-0.4, -0.2) is 29.2 Å². The van der Waals surface area contributed by atoms with Crippen molar-refractivity contribution in [2.45, 2.75) is 64.0 Å². The average molecular weight is 317 g/mol. The number of ether oxygens (including phenoxy) is 1. The second-order valence-corrected chi connectivity index (χ2v) is 7.61. The van der Waals surface area contributed by atoms with E-state index in [1.807, 2.05) is 25.4 Å². The Morgan fingerprint density at radius 2 is 2.05 bits per heavy atom. The molecule has 0 amide bonds. The van der Waals surface area contributed by atoms with E-state index in [2.05, 4.69) is 10.3 Å². The van der Waals surface area contributed by atoms with Gasteiger partial charge >= 0.3 is 0 Å². The molecular formula is C17H23N3OS. The molecule has 4 rings (SSSR count). The minimum Gasteiger partial charge on any atom is -0.381 e. The van der Waals surface area contributed by atoms with Crippen LogP contribution < -0.4 is 5.32 Å². The largest absolute Gasteiger partial charge is 0.381 e. The molecule has 0 spiro atoms. The molecule has 2 atom stereocenters. The van der Waals surface area contributed by atoms with Crippen molar-refractivity contribution in [2.75, 3.05) is 12.4 Å². The molecule has 2 aromatic rings. The van der Waals surface area contributed by atoms with Gasteiger partial charge in [-0.15, -0.1) is 11.3 Å². The average Bonchev–Trinajstić information content (AvgIpc) is 3.10. The summed E-state index contributed by atoms with van der Waals surface area (Å²) < 4.78 is 5.50. The number of hydrogen-bond acceptors (Lipinski definition) is 5. The van der Waals surface area contributed by atoms with E-state index in [9.17, 15) is 0 Å². The lowest BCUT2D eigenvalue weighted by molar-refractivity contribution is 0.108. The minimum absolute atomic E-state index is 0.396. The fraction of sp³-hybridized carbons (Fsp3) is 0.647. The zero-order chi connectivity index (χ0) is 15.1. The number of aryl methyl sites for hydroxylation is 3. The predicted molar refractivity (Wildman–Crippen MR) is 90.9 cm³/mol. The molecule has 1 N–H and O–H groups in total. The lowest BCUT2D eigenvalue weighted by Gasteiger charge is -2.16. The summed E-state index contributed by atoms with van der Waals surface area (Å²) in [5, 5.41) is 5.00. The Balaban J connectivity index is 1.71. The molecule has 2 heterocycles. The monoisotopic (exact) mass is 317 g/mol. The molecule has 118 valence electrons. The van der Waals surface area contributed by atoms with Crippen molar-refractivity contribution in [3.63, 3.8) is 0 Å². The Morgan fingerprint density at radius 1 is 1.18 bits per heavy atom. The highest BCUT2D eigenvalue weighted by Gasteiger charge is 2.27. The Hall–Kier alpha value is -1.20. The molecule has 22 heavy (non-hydrogen) atoms. The van der Waals surface area contributed by atoms with Gasteiger partial charge in [0.15, 0.2) is 0 Å². The minimum atomic E-state index is 0.396. The molecule has 0 saturated heterocycles. The molecule has 2 aliphatic carbocycles. The van der Waals surface area contributed by atoms with Crippen LogP contribution >= 0.6 is 11.3 Å². The number of aromatic nitrogens is 2. The molecule has 0 aromatic carbocycles. The van der Waals surface area contributed by atoms with Crippen LogP contribution in [0.1, 0.15) is 48.4 Å². The van der Waals surface area contributed by atoms with Crippen LogP contribution in [-0.2, 0) is 17.6 Å². The van der Waals surface area contributed by atoms with Gasteiger partial charge in [-0.05, 0) is 57.4 Å². The van der Waals surface area contributed by atoms with E-state index < -0.39 is 0 Å². The summed E-state index contributed by atoms with van der Waals surface area (Å²) >= 11 is 1.88. The first-order valence-corrected chi connectivity index (χ1v) is 9.14. The predicted octanol–water partition coefficient (Wildman–Crippen LogP) is 3.86. The zero-order valence-corrected chi connectivity index (χ0v) is 14.1. The quantitative estimate of drug-likeness (QED) is 0.934. The van der Waals surface area contributed by atoms with Crippen molar-refractivity contribution >= 4 is 27.4 Å². The van der Waals surface area contributed by atoms with Crippen molar-refractivity contribution in [1.29, 1.82) is 0 Å². The second kappa shape index (κ2) is 5.78. The molecule has 5 heteroatoms. The summed E-state index contributed by atoms with van der Waals surface area (Å²) in [6.45, 7) is 2.00. The first-order chi connectivity index (χ1) is 10.7. The summed E-state index contributed by atoms with van der Waals surface area (Å²) in [5.74, 6) is 1.93. The summed E-state index contributed by atoms with van der Waals surface area (Å²) in [4.78, 5) is 12.1. The van der Waals surface area contributed by atoms with Crippen LogP contribution in [0.3, 0.4) is 0 Å². The Kier molecular flexibility index (Phi) is 3.78. The van der Waals surface area contributed by atoms with Crippen LogP contribution in [0.15, 0.2) is 0 Å². The molecule has 4 nitrogen and oxygen atoms in total. The number of anilines is 1. The number of thiophene rings is 1. The Morgan fingerprint density at radius 3 is 2.86 bits per heavy atom. The van der Waals surface area contributed by atoms with E-state index in [0.29, 0.717) is 12.1 Å². The van der Waals surface area contributed by atoms with E-state index in [1.54, 1.807) is 0 Å². The molecule has 1 saturated carbocycles. The van der Waals surface area contributed by atoms with E-state index in [4.69, 9.17) is 9.72 Å². The summed E-state index contributed by atoms with van der Waals surface area (Å²) in [6, 6.07) is 0.474. The lowest BCUT2D eigenvalue weighted by atomic mass is 9.97. The molecule has 0 aliphatic heterocycles. The van der Waals surface area contributed by atoms with E-state index in [-0.39, 0.29) is 0 Å². The van der Waals surface area contributed by atoms with Crippen molar-refractivity contribution in [3.8, 4) is 0 Å². The first kappa shape index (κ1) is 14.4. The van der Waals surface area contributed by atoms with Gasteiger partial charge < -0.3 is 10.1 Å². The highest BCUT2D eigenvalue weighted by molar-refractivity contribution is 7.19. The maximum atomic E-state index is 5.50. The maximum absolute atomic E-state index is 5.50. The summed E-state index contributed by atoms with van der Waals surface area (Å²) in [5.41, 5.74) is 1.51. The standard InChI is InChI=1S/C17H23N3OS/c1-10-18-16(20-11-7-8-12(9-11)21-2)15-13-5-3-4-6-14(13)22-17(15)19-10/h11-12H,3-9H2,1-2H3,(H,18,19,20). The normalized spacial score (nSPS) is 24.6. The third-order valence-corrected chi connectivity index (χ3v) is 6.17. The van der Waals surface area contributed by atoms with Crippen molar-refractivity contribution < 1.29 is 4.74 Å². The van der Waals surface area contributed by atoms with Crippen LogP contribution in [0.2, 0.25) is 0 Å². The lowest BCUT2D eigenvalue weighted by Crippen LogP contribution is -2.19. The third kappa shape index (κ3) is 2.50. The van der Waals surface area contributed by atoms with Gasteiger partial charge in [-0.25, -0.2) is 9.97 Å². The fourth-order valence-electron chi connectivity index (χ4n) is 3.85. The van der Waals surface area contributed by atoms with Gasteiger partial charge in [0.05, 0.1) is 11.5 Å².